The first-order valence-corrected chi connectivity index (χ1v) is 13.3. The van der Waals surface area contributed by atoms with Crippen LogP contribution in [0.3, 0.4) is 0 Å². The molecular formula is C29H23O6S-. The molecule has 1 atom stereocenters. The van der Waals surface area contributed by atoms with E-state index in [1.165, 1.54) is 34.4 Å². The van der Waals surface area contributed by atoms with Crippen LogP contribution in [0.1, 0.15) is 40.5 Å². The van der Waals surface area contributed by atoms with Crippen molar-refractivity contribution >= 4 is 26.9 Å². The molecular weight excluding hydrogens is 476 g/mol. The fourth-order valence-electron chi connectivity index (χ4n) is 5.89. The van der Waals surface area contributed by atoms with E-state index in [1.807, 2.05) is 0 Å². The third kappa shape index (κ3) is 3.85. The van der Waals surface area contributed by atoms with Crippen molar-refractivity contribution < 1.29 is 27.2 Å². The van der Waals surface area contributed by atoms with Crippen LogP contribution < -0.4 is 4.74 Å². The molecule has 36 heavy (non-hydrogen) atoms. The smallest absolute Gasteiger partial charge is 0.344 e. The van der Waals surface area contributed by atoms with Gasteiger partial charge in [-0.1, -0.05) is 72.8 Å². The summed E-state index contributed by atoms with van der Waals surface area (Å²) in [6, 6.07) is 26.2. The van der Waals surface area contributed by atoms with Crippen LogP contribution in [-0.4, -0.2) is 32.2 Å². The molecule has 2 bridgehead atoms. The lowest BCUT2D eigenvalue weighted by Gasteiger charge is -2.45. The van der Waals surface area contributed by atoms with Gasteiger partial charge in [0.15, 0.2) is 6.61 Å². The topological polar surface area (TPSA) is 92.7 Å². The SMILES string of the molecule is O=C(COc1ccc(S(=O)(=O)[O-])c2ccccc12)OCC1CC2c3ccccc3C1c1ccccc12. The van der Waals surface area contributed by atoms with Crippen LogP contribution in [0.25, 0.3) is 10.8 Å². The molecule has 0 fully saturated rings. The van der Waals surface area contributed by atoms with Crippen molar-refractivity contribution in [1.82, 2.24) is 0 Å². The van der Waals surface area contributed by atoms with E-state index in [9.17, 15) is 17.8 Å². The Morgan fingerprint density at radius 3 is 2.03 bits per heavy atom. The van der Waals surface area contributed by atoms with Gasteiger partial charge >= 0.3 is 5.97 Å². The van der Waals surface area contributed by atoms with E-state index in [-0.39, 0.29) is 28.7 Å². The summed E-state index contributed by atoms with van der Waals surface area (Å²) in [5.74, 6) is 0.467. The number of carbonyl (C=O) groups excluding carboxylic acids is 1. The predicted molar refractivity (Wildman–Crippen MR) is 133 cm³/mol. The molecule has 0 saturated carbocycles. The Kier molecular flexibility index (Phi) is 5.54. The zero-order valence-electron chi connectivity index (χ0n) is 19.3. The van der Waals surface area contributed by atoms with Crippen LogP contribution in [0, 0.1) is 5.92 Å². The molecule has 7 heteroatoms. The average molecular weight is 500 g/mol. The number of ether oxygens (including phenoxy) is 2. The fraction of sp³-hybridized carbons (Fsp3) is 0.207. The van der Waals surface area contributed by atoms with Crippen LogP contribution >= 0.6 is 0 Å². The third-order valence-corrected chi connectivity index (χ3v) is 8.23. The maximum Gasteiger partial charge on any atom is 0.344 e. The fourth-order valence-corrected chi connectivity index (χ4v) is 6.57. The second-order valence-corrected chi connectivity index (χ2v) is 10.7. The minimum absolute atomic E-state index is 0.172. The normalized spacial score (nSPS) is 20.0. The minimum Gasteiger partial charge on any atom is -0.744 e. The summed E-state index contributed by atoms with van der Waals surface area (Å²) in [5.41, 5.74) is 5.35. The number of rotatable bonds is 6. The molecule has 3 aliphatic rings. The highest BCUT2D eigenvalue weighted by molar-refractivity contribution is 7.86. The Balaban J connectivity index is 1.17. The second kappa shape index (κ2) is 8.76. The molecule has 0 aliphatic heterocycles. The van der Waals surface area contributed by atoms with Crippen molar-refractivity contribution in [3.05, 3.63) is 107 Å². The van der Waals surface area contributed by atoms with Gasteiger partial charge in [0.2, 0.25) is 0 Å². The molecule has 0 aromatic heterocycles. The van der Waals surface area contributed by atoms with Crippen LogP contribution in [0.5, 0.6) is 5.75 Å². The van der Waals surface area contributed by atoms with Crippen molar-refractivity contribution in [2.75, 3.05) is 13.2 Å². The Hall–Kier alpha value is -3.68. The molecule has 0 amide bonds. The number of fused-ring (bicyclic) bond motifs is 2. The van der Waals surface area contributed by atoms with Gasteiger partial charge in [-0.25, -0.2) is 13.2 Å². The van der Waals surface area contributed by atoms with Gasteiger partial charge in [-0.3, -0.25) is 0 Å². The van der Waals surface area contributed by atoms with Crippen molar-refractivity contribution in [2.45, 2.75) is 23.2 Å². The van der Waals surface area contributed by atoms with E-state index in [0.717, 1.165) is 6.42 Å². The van der Waals surface area contributed by atoms with Crippen molar-refractivity contribution in [3.63, 3.8) is 0 Å². The molecule has 0 saturated heterocycles. The molecule has 182 valence electrons. The maximum absolute atomic E-state index is 12.6. The summed E-state index contributed by atoms with van der Waals surface area (Å²) in [6.45, 7) is -0.0262. The van der Waals surface area contributed by atoms with E-state index < -0.39 is 16.1 Å². The quantitative estimate of drug-likeness (QED) is 0.275. The Labute approximate surface area is 209 Å². The van der Waals surface area contributed by atoms with Crippen LogP contribution in [-0.2, 0) is 19.6 Å². The number of esters is 1. The summed E-state index contributed by atoms with van der Waals surface area (Å²) < 4.78 is 46.2. The van der Waals surface area contributed by atoms with E-state index >= 15 is 0 Å². The van der Waals surface area contributed by atoms with Gasteiger partial charge in [0.05, 0.1) is 11.5 Å². The molecule has 4 aromatic rings. The predicted octanol–water partition coefficient (Wildman–Crippen LogP) is 4.96. The monoisotopic (exact) mass is 499 g/mol. The second-order valence-electron chi connectivity index (χ2n) is 9.32. The van der Waals surface area contributed by atoms with Crippen molar-refractivity contribution in [1.29, 1.82) is 0 Å². The van der Waals surface area contributed by atoms with Gasteiger partial charge in [0.25, 0.3) is 0 Å². The summed E-state index contributed by atoms with van der Waals surface area (Å²) in [7, 11) is -4.64. The number of hydrogen-bond acceptors (Lipinski definition) is 6. The number of benzene rings is 4. The van der Waals surface area contributed by atoms with Crippen LogP contribution in [0.2, 0.25) is 0 Å². The first-order valence-electron chi connectivity index (χ1n) is 11.9. The average Bonchev–Trinajstić information content (AvgIpc) is 2.90. The zero-order valence-corrected chi connectivity index (χ0v) is 20.1. The first kappa shape index (κ1) is 22.8. The molecule has 4 aromatic carbocycles. The molecule has 0 N–H and O–H groups in total. The Bertz CT molecular complexity index is 1550. The lowest BCUT2D eigenvalue weighted by Crippen LogP contribution is -2.35. The van der Waals surface area contributed by atoms with Gasteiger partial charge in [-0.15, -0.1) is 0 Å². The van der Waals surface area contributed by atoms with E-state index in [0.29, 0.717) is 23.7 Å². The molecule has 1 unspecified atom stereocenters. The largest absolute Gasteiger partial charge is 0.744 e. The number of carbonyl (C=O) groups is 1. The van der Waals surface area contributed by atoms with E-state index in [2.05, 4.69) is 48.5 Å². The molecule has 0 spiro atoms. The van der Waals surface area contributed by atoms with Gasteiger partial charge in [0.1, 0.15) is 15.9 Å². The van der Waals surface area contributed by atoms with E-state index in [1.54, 1.807) is 24.3 Å². The molecule has 7 rings (SSSR count). The van der Waals surface area contributed by atoms with Crippen LogP contribution in [0.15, 0.2) is 89.8 Å². The maximum atomic E-state index is 12.6. The lowest BCUT2D eigenvalue weighted by molar-refractivity contribution is -0.147. The minimum atomic E-state index is -4.64. The highest BCUT2D eigenvalue weighted by Gasteiger charge is 2.43. The summed E-state index contributed by atoms with van der Waals surface area (Å²) >= 11 is 0. The van der Waals surface area contributed by atoms with Crippen LogP contribution in [0.4, 0.5) is 0 Å². The molecule has 0 radical (unpaired) electrons. The molecule has 0 heterocycles. The van der Waals surface area contributed by atoms with Gasteiger partial charge in [-0.2, -0.15) is 0 Å². The zero-order chi connectivity index (χ0) is 24.9. The van der Waals surface area contributed by atoms with E-state index in [4.69, 9.17) is 9.47 Å². The third-order valence-electron chi connectivity index (χ3n) is 7.34. The van der Waals surface area contributed by atoms with Gasteiger partial charge < -0.3 is 14.0 Å². The summed E-state index contributed by atoms with van der Waals surface area (Å²) in [6.07, 6.45) is 0.919. The molecule has 6 nitrogen and oxygen atoms in total. The first-order chi connectivity index (χ1) is 17.4. The lowest BCUT2D eigenvalue weighted by atomic mass is 9.59. The Morgan fingerprint density at radius 1 is 0.806 bits per heavy atom. The summed E-state index contributed by atoms with van der Waals surface area (Å²) in [5, 5.41) is 0.703. The highest BCUT2D eigenvalue weighted by atomic mass is 32.2. The number of hydrogen-bond donors (Lipinski definition) is 0. The van der Waals surface area contributed by atoms with Crippen molar-refractivity contribution in [3.8, 4) is 5.75 Å². The standard InChI is InChI=1S/C29H24O6S/c30-28(17-34-26-13-14-27(36(31,32)33)22-10-4-3-9-21(22)26)35-16-18-15-25-19-7-1-5-11-23(19)29(18)24-12-6-2-8-20(24)25/h1-14,18,25,29H,15-17H2,(H,31,32,33)/p-1. The van der Waals surface area contributed by atoms with Crippen molar-refractivity contribution in [2.24, 2.45) is 5.92 Å². The molecule has 3 aliphatic carbocycles. The highest BCUT2D eigenvalue weighted by Crippen LogP contribution is 2.55. The Morgan fingerprint density at radius 2 is 1.39 bits per heavy atom. The van der Waals surface area contributed by atoms with Gasteiger partial charge in [0, 0.05) is 28.5 Å². The van der Waals surface area contributed by atoms with Gasteiger partial charge in [-0.05, 0) is 40.8 Å². The summed E-state index contributed by atoms with van der Waals surface area (Å²) in [4.78, 5) is 12.3.